The van der Waals surface area contributed by atoms with Crippen molar-refractivity contribution in [3.05, 3.63) is 42.7 Å². The number of anilines is 1. The van der Waals surface area contributed by atoms with Crippen LogP contribution in [0.15, 0.2) is 42.7 Å². The fourth-order valence-electron chi connectivity index (χ4n) is 2.81. The molecule has 0 aliphatic carbocycles. The smallest absolute Gasteiger partial charge is 0.387 e. The van der Waals surface area contributed by atoms with E-state index in [0.29, 0.717) is 29.3 Å². The largest absolute Gasteiger partial charge is 0.433 e. The van der Waals surface area contributed by atoms with Gasteiger partial charge < -0.3 is 20.9 Å². The van der Waals surface area contributed by atoms with Gasteiger partial charge in [-0.2, -0.15) is 8.78 Å². The fraction of sp³-hybridized carbons (Fsp3) is 0.333. The Morgan fingerprint density at radius 1 is 1.30 bits per heavy atom. The maximum Gasteiger partial charge on any atom is 0.387 e. The number of hydrogen-bond acceptors (Lipinski definition) is 6. The first-order chi connectivity index (χ1) is 13.0. The van der Waals surface area contributed by atoms with Crippen LogP contribution < -0.4 is 15.8 Å². The van der Waals surface area contributed by atoms with Gasteiger partial charge in [-0.15, -0.1) is 0 Å². The van der Waals surface area contributed by atoms with Crippen molar-refractivity contribution in [2.45, 2.75) is 32.1 Å². The summed E-state index contributed by atoms with van der Waals surface area (Å²) in [7, 11) is 0. The molecule has 0 unspecified atom stereocenters. The van der Waals surface area contributed by atoms with Crippen molar-refractivity contribution in [3.63, 3.8) is 0 Å². The zero-order valence-electron chi connectivity index (χ0n) is 14.7. The summed E-state index contributed by atoms with van der Waals surface area (Å²) in [6.07, 6.45) is 3.04. The Morgan fingerprint density at radius 2 is 2.11 bits per heavy atom. The molecular formula is C18H21F2N5O2. The number of nitrogens with two attached hydrogens (primary N) is 1. The van der Waals surface area contributed by atoms with Gasteiger partial charge in [0.1, 0.15) is 17.2 Å². The summed E-state index contributed by atoms with van der Waals surface area (Å²) < 4.78 is 31.0. The summed E-state index contributed by atoms with van der Waals surface area (Å²) >= 11 is 0. The van der Waals surface area contributed by atoms with Crippen LogP contribution in [0, 0.1) is 0 Å². The first-order valence-corrected chi connectivity index (χ1v) is 8.55. The second-order valence-corrected chi connectivity index (χ2v) is 5.99. The number of nitrogens with one attached hydrogen (secondary N) is 1. The highest BCUT2D eigenvalue weighted by atomic mass is 19.3. The molecule has 0 spiro atoms. The van der Waals surface area contributed by atoms with Gasteiger partial charge in [0.15, 0.2) is 0 Å². The van der Waals surface area contributed by atoms with E-state index in [-0.39, 0.29) is 18.3 Å². The van der Waals surface area contributed by atoms with Gasteiger partial charge in [0, 0.05) is 6.54 Å². The number of pyridine rings is 2. The standard InChI is InChI=1S/C18H21F2N5O2/c1-2-12(15(26)8-21)23-16-5-3-4-13(24-16)14-9-22-17-7-6-11(10-25(14)17)27-18(19)20/h3-7,9-10,12,15,18,26H,2,8,21H2,1H3,(H,23,24)/t12-,15-/m0/s1. The number of rotatable bonds is 8. The Hall–Kier alpha value is -2.78. The molecule has 3 rings (SSSR count). The fourth-order valence-corrected chi connectivity index (χ4v) is 2.81. The molecule has 4 N–H and O–H groups in total. The van der Waals surface area contributed by atoms with Crippen molar-refractivity contribution in [1.29, 1.82) is 0 Å². The number of imidazole rings is 1. The van der Waals surface area contributed by atoms with Crippen molar-refractivity contribution in [2.75, 3.05) is 11.9 Å². The van der Waals surface area contributed by atoms with Crippen LogP contribution in [0.1, 0.15) is 13.3 Å². The van der Waals surface area contributed by atoms with E-state index in [9.17, 15) is 13.9 Å². The van der Waals surface area contributed by atoms with Gasteiger partial charge >= 0.3 is 6.61 Å². The summed E-state index contributed by atoms with van der Waals surface area (Å²) in [6.45, 7) is -0.819. The molecule has 2 atom stereocenters. The molecule has 27 heavy (non-hydrogen) atoms. The highest BCUT2D eigenvalue weighted by Crippen LogP contribution is 2.24. The number of halogens is 2. The van der Waals surface area contributed by atoms with Crippen LogP contribution in [0.25, 0.3) is 17.0 Å². The van der Waals surface area contributed by atoms with E-state index in [2.05, 4.69) is 20.0 Å². The van der Waals surface area contributed by atoms with Crippen LogP contribution in [0.3, 0.4) is 0 Å². The summed E-state index contributed by atoms with van der Waals surface area (Å²) in [5, 5.41) is 13.1. The van der Waals surface area contributed by atoms with E-state index in [0.717, 1.165) is 0 Å². The zero-order valence-corrected chi connectivity index (χ0v) is 14.7. The second-order valence-electron chi connectivity index (χ2n) is 5.99. The predicted molar refractivity (Wildman–Crippen MR) is 97.8 cm³/mol. The Labute approximate surface area is 154 Å². The van der Waals surface area contributed by atoms with Gasteiger partial charge in [-0.25, -0.2) is 9.97 Å². The number of alkyl halides is 2. The molecule has 0 aliphatic rings. The average Bonchev–Trinajstić information content (AvgIpc) is 3.08. The topological polar surface area (TPSA) is 97.7 Å². The Bertz CT molecular complexity index is 902. The van der Waals surface area contributed by atoms with E-state index < -0.39 is 12.7 Å². The van der Waals surface area contributed by atoms with Crippen LogP contribution in [-0.2, 0) is 0 Å². The first-order valence-electron chi connectivity index (χ1n) is 8.55. The third-order valence-corrected chi connectivity index (χ3v) is 4.19. The molecule has 0 fully saturated rings. The molecule has 3 aromatic rings. The molecule has 9 heteroatoms. The Morgan fingerprint density at radius 3 is 2.81 bits per heavy atom. The van der Waals surface area contributed by atoms with E-state index in [1.165, 1.54) is 12.3 Å². The Balaban J connectivity index is 1.92. The molecule has 7 nitrogen and oxygen atoms in total. The first kappa shape index (κ1) is 19.0. The Kier molecular flexibility index (Phi) is 5.82. The highest BCUT2D eigenvalue weighted by Gasteiger charge is 2.17. The maximum absolute atomic E-state index is 12.5. The molecule has 0 saturated carbocycles. The molecule has 0 bridgehead atoms. The lowest BCUT2D eigenvalue weighted by atomic mass is 10.1. The summed E-state index contributed by atoms with van der Waals surface area (Å²) in [5.41, 5.74) is 7.33. The molecule has 0 saturated heterocycles. The van der Waals surface area contributed by atoms with Crippen molar-refractivity contribution < 1.29 is 18.6 Å². The summed E-state index contributed by atoms with van der Waals surface area (Å²) in [5.74, 6) is 0.602. The number of aliphatic hydroxyl groups is 1. The van der Waals surface area contributed by atoms with Crippen molar-refractivity contribution in [3.8, 4) is 17.1 Å². The van der Waals surface area contributed by atoms with Gasteiger partial charge in [0.05, 0.1) is 35.9 Å². The number of aliphatic hydroxyl groups excluding tert-OH is 1. The second kappa shape index (κ2) is 8.28. The lowest BCUT2D eigenvalue weighted by molar-refractivity contribution is -0.0501. The van der Waals surface area contributed by atoms with E-state index in [1.54, 1.807) is 28.8 Å². The highest BCUT2D eigenvalue weighted by molar-refractivity contribution is 5.62. The summed E-state index contributed by atoms with van der Waals surface area (Å²) in [4.78, 5) is 8.81. The number of hydrogen-bond donors (Lipinski definition) is 3. The molecule has 3 heterocycles. The quantitative estimate of drug-likeness (QED) is 0.558. The zero-order chi connectivity index (χ0) is 19.4. The number of ether oxygens (including phenoxy) is 1. The molecule has 0 radical (unpaired) electrons. The normalized spacial score (nSPS) is 13.7. The van der Waals surface area contributed by atoms with Crippen LogP contribution >= 0.6 is 0 Å². The minimum atomic E-state index is -2.90. The monoisotopic (exact) mass is 377 g/mol. The van der Waals surface area contributed by atoms with Crippen LogP contribution in [0.2, 0.25) is 0 Å². The van der Waals surface area contributed by atoms with Gasteiger partial charge in [-0.1, -0.05) is 13.0 Å². The van der Waals surface area contributed by atoms with E-state index in [4.69, 9.17) is 5.73 Å². The minimum absolute atomic E-state index is 0.0307. The summed E-state index contributed by atoms with van der Waals surface area (Å²) in [6, 6.07) is 8.17. The SMILES string of the molecule is CC[C@H](Nc1cccc(-c2cnc3ccc(OC(F)F)cn23)n1)[C@@H](O)CN. The van der Waals surface area contributed by atoms with E-state index >= 15 is 0 Å². The minimum Gasteiger partial charge on any atom is -0.433 e. The molecule has 144 valence electrons. The lowest BCUT2D eigenvalue weighted by Gasteiger charge is -2.22. The third kappa shape index (κ3) is 4.32. The van der Waals surface area contributed by atoms with Gasteiger partial charge in [-0.05, 0) is 30.7 Å². The van der Waals surface area contributed by atoms with Gasteiger partial charge in [0.2, 0.25) is 0 Å². The van der Waals surface area contributed by atoms with Crippen molar-refractivity contribution in [1.82, 2.24) is 14.4 Å². The maximum atomic E-state index is 12.5. The van der Waals surface area contributed by atoms with Crippen molar-refractivity contribution in [2.24, 2.45) is 5.73 Å². The van der Waals surface area contributed by atoms with Crippen LogP contribution in [0.4, 0.5) is 14.6 Å². The van der Waals surface area contributed by atoms with Crippen LogP contribution in [0.5, 0.6) is 5.75 Å². The number of fused-ring (bicyclic) bond motifs is 1. The molecular weight excluding hydrogens is 356 g/mol. The predicted octanol–water partition coefficient (Wildman–Crippen LogP) is 2.51. The molecule has 0 amide bonds. The van der Waals surface area contributed by atoms with E-state index in [1.807, 2.05) is 13.0 Å². The number of nitrogens with zero attached hydrogens (tertiary/aromatic N) is 3. The van der Waals surface area contributed by atoms with Gasteiger partial charge in [0.25, 0.3) is 0 Å². The average molecular weight is 377 g/mol. The molecule has 3 aromatic heterocycles. The van der Waals surface area contributed by atoms with Gasteiger partial charge in [-0.3, -0.25) is 4.40 Å². The number of aromatic nitrogens is 3. The lowest BCUT2D eigenvalue weighted by Crippen LogP contribution is -2.38. The van der Waals surface area contributed by atoms with Crippen LogP contribution in [-0.4, -0.2) is 44.8 Å². The third-order valence-electron chi connectivity index (χ3n) is 4.19. The molecule has 0 aromatic carbocycles. The molecule has 0 aliphatic heterocycles. The van der Waals surface area contributed by atoms with Crippen molar-refractivity contribution >= 4 is 11.5 Å².